The Morgan fingerprint density at radius 3 is 2.69 bits per heavy atom. The van der Waals surface area contributed by atoms with Crippen molar-refractivity contribution >= 4 is 0 Å². The molecule has 1 saturated heterocycles. The maximum absolute atomic E-state index is 9.49. The molecule has 13 heavy (non-hydrogen) atoms. The quantitative estimate of drug-likeness (QED) is 0.702. The van der Waals surface area contributed by atoms with Crippen LogP contribution in [0.15, 0.2) is 0 Å². The SMILES string of the molecule is CC(C)CC1(CO)CCCNCC1. The zero-order valence-electron chi connectivity index (χ0n) is 8.97. The van der Waals surface area contributed by atoms with E-state index in [-0.39, 0.29) is 5.41 Å². The molecule has 1 atom stereocenters. The third kappa shape index (κ3) is 3.28. The van der Waals surface area contributed by atoms with Crippen molar-refractivity contribution in [3.63, 3.8) is 0 Å². The van der Waals surface area contributed by atoms with E-state index in [2.05, 4.69) is 19.2 Å². The van der Waals surface area contributed by atoms with Gasteiger partial charge in [-0.3, -0.25) is 0 Å². The summed E-state index contributed by atoms with van der Waals surface area (Å²) in [6, 6.07) is 0. The van der Waals surface area contributed by atoms with E-state index in [1.54, 1.807) is 0 Å². The predicted octanol–water partition coefficient (Wildman–Crippen LogP) is 1.78. The molecule has 0 spiro atoms. The molecular formula is C11H23NO. The summed E-state index contributed by atoms with van der Waals surface area (Å²) in [5.74, 6) is 0.699. The average molecular weight is 185 g/mol. The first-order chi connectivity index (χ1) is 6.18. The van der Waals surface area contributed by atoms with Gasteiger partial charge in [0.2, 0.25) is 0 Å². The Morgan fingerprint density at radius 2 is 2.08 bits per heavy atom. The normalized spacial score (nSPS) is 30.5. The van der Waals surface area contributed by atoms with Crippen LogP contribution in [0.5, 0.6) is 0 Å². The molecule has 1 fully saturated rings. The highest BCUT2D eigenvalue weighted by Crippen LogP contribution is 2.35. The van der Waals surface area contributed by atoms with Gasteiger partial charge in [-0.05, 0) is 50.1 Å². The fourth-order valence-electron chi connectivity index (χ4n) is 2.48. The van der Waals surface area contributed by atoms with Crippen LogP contribution in [0.2, 0.25) is 0 Å². The van der Waals surface area contributed by atoms with Gasteiger partial charge in [0.1, 0.15) is 0 Å². The molecule has 0 aromatic heterocycles. The Labute approximate surface area is 81.7 Å². The summed E-state index contributed by atoms with van der Waals surface area (Å²) in [6.07, 6.45) is 4.72. The zero-order chi connectivity index (χ0) is 9.73. The highest BCUT2D eigenvalue weighted by molar-refractivity contribution is 4.83. The highest BCUT2D eigenvalue weighted by Gasteiger charge is 2.30. The molecule has 0 radical (unpaired) electrons. The molecule has 2 heteroatoms. The fraction of sp³-hybridized carbons (Fsp3) is 1.00. The molecule has 2 nitrogen and oxygen atoms in total. The summed E-state index contributed by atoms with van der Waals surface area (Å²) in [7, 11) is 0. The van der Waals surface area contributed by atoms with Crippen molar-refractivity contribution in [2.75, 3.05) is 19.7 Å². The van der Waals surface area contributed by atoms with Gasteiger partial charge in [0.15, 0.2) is 0 Å². The first-order valence-electron chi connectivity index (χ1n) is 5.50. The van der Waals surface area contributed by atoms with Crippen molar-refractivity contribution < 1.29 is 5.11 Å². The van der Waals surface area contributed by atoms with Crippen molar-refractivity contribution in [2.45, 2.75) is 39.5 Å². The minimum atomic E-state index is 0.220. The van der Waals surface area contributed by atoms with Gasteiger partial charge in [-0.25, -0.2) is 0 Å². The van der Waals surface area contributed by atoms with Gasteiger partial charge >= 0.3 is 0 Å². The summed E-state index contributed by atoms with van der Waals surface area (Å²) in [5.41, 5.74) is 0.220. The fourth-order valence-corrected chi connectivity index (χ4v) is 2.48. The molecule has 1 rings (SSSR count). The molecule has 1 aliphatic heterocycles. The summed E-state index contributed by atoms with van der Waals surface area (Å²) >= 11 is 0. The molecule has 0 amide bonds. The first-order valence-corrected chi connectivity index (χ1v) is 5.50. The van der Waals surface area contributed by atoms with Gasteiger partial charge in [-0.2, -0.15) is 0 Å². The molecule has 0 aromatic carbocycles. The number of hydrogen-bond acceptors (Lipinski definition) is 2. The van der Waals surface area contributed by atoms with Gasteiger partial charge in [-0.1, -0.05) is 13.8 Å². The maximum Gasteiger partial charge on any atom is 0.0488 e. The van der Waals surface area contributed by atoms with Crippen LogP contribution < -0.4 is 5.32 Å². The van der Waals surface area contributed by atoms with Gasteiger partial charge < -0.3 is 10.4 Å². The van der Waals surface area contributed by atoms with Crippen molar-refractivity contribution in [1.29, 1.82) is 0 Å². The van der Waals surface area contributed by atoms with E-state index in [0.717, 1.165) is 19.5 Å². The van der Waals surface area contributed by atoms with Crippen LogP contribution in [-0.4, -0.2) is 24.8 Å². The standard InChI is InChI=1S/C11H23NO/c1-10(2)8-11(9-13)4-3-6-12-7-5-11/h10,12-13H,3-9H2,1-2H3. The van der Waals surface area contributed by atoms with Crippen molar-refractivity contribution in [1.82, 2.24) is 5.32 Å². The van der Waals surface area contributed by atoms with Crippen molar-refractivity contribution in [3.05, 3.63) is 0 Å². The molecule has 0 saturated carbocycles. The maximum atomic E-state index is 9.49. The molecule has 0 aromatic rings. The van der Waals surface area contributed by atoms with E-state index in [0.29, 0.717) is 12.5 Å². The molecule has 0 bridgehead atoms. The van der Waals surface area contributed by atoms with E-state index in [9.17, 15) is 5.11 Å². The monoisotopic (exact) mass is 185 g/mol. The van der Waals surface area contributed by atoms with E-state index in [1.165, 1.54) is 19.3 Å². The van der Waals surface area contributed by atoms with Gasteiger partial charge in [0, 0.05) is 6.61 Å². The Morgan fingerprint density at radius 1 is 1.31 bits per heavy atom. The third-order valence-corrected chi connectivity index (χ3v) is 3.07. The van der Waals surface area contributed by atoms with Crippen LogP contribution in [0.25, 0.3) is 0 Å². The second kappa shape index (κ2) is 4.97. The summed E-state index contributed by atoms with van der Waals surface area (Å²) in [4.78, 5) is 0. The largest absolute Gasteiger partial charge is 0.396 e. The van der Waals surface area contributed by atoms with Crippen LogP contribution in [0, 0.1) is 11.3 Å². The van der Waals surface area contributed by atoms with Crippen molar-refractivity contribution in [3.8, 4) is 0 Å². The van der Waals surface area contributed by atoms with Crippen LogP contribution in [0.3, 0.4) is 0 Å². The van der Waals surface area contributed by atoms with Gasteiger partial charge in [0.05, 0.1) is 0 Å². The van der Waals surface area contributed by atoms with Crippen LogP contribution in [-0.2, 0) is 0 Å². The minimum absolute atomic E-state index is 0.220. The smallest absolute Gasteiger partial charge is 0.0488 e. The molecule has 78 valence electrons. The zero-order valence-corrected chi connectivity index (χ0v) is 8.97. The van der Waals surface area contributed by atoms with E-state index < -0.39 is 0 Å². The lowest BCUT2D eigenvalue weighted by Crippen LogP contribution is -2.28. The van der Waals surface area contributed by atoms with E-state index >= 15 is 0 Å². The van der Waals surface area contributed by atoms with Crippen LogP contribution in [0.1, 0.15) is 39.5 Å². The molecular weight excluding hydrogens is 162 g/mol. The van der Waals surface area contributed by atoms with Gasteiger partial charge in [0.25, 0.3) is 0 Å². The van der Waals surface area contributed by atoms with E-state index in [1.807, 2.05) is 0 Å². The van der Waals surface area contributed by atoms with Gasteiger partial charge in [-0.15, -0.1) is 0 Å². The second-order valence-electron chi connectivity index (χ2n) is 4.86. The highest BCUT2D eigenvalue weighted by atomic mass is 16.3. The summed E-state index contributed by atoms with van der Waals surface area (Å²) < 4.78 is 0. The minimum Gasteiger partial charge on any atom is -0.396 e. The lowest BCUT2D eigenvalue weighted by molar-refractivity contribution is 0.0872. The topological polar surface area (TPSA) is 32.3 Å². The number of hydrogen-bond donors (Lipinski definition) is 2. The number of aliphatic hydroxyl groups excluding tert-OH is 1. The number of nitrogens with one attached hydrogen (secondary N) is 1. The summed E-state index contributed by atoms with van der Waals surface area (Å²) in [6.45, 7) is 7.06. The number of rotatable bonds is 3. The Balaban J connectivity index is 2.53. The Kier molecular flexibility index (Phi) is 4.20. The molecule has 1 heterocycles. The molecule has 1 unspecified atom stereocenters. The lowest BCUT2D eigenvalue weighted by atomic mass is 9.75. The average Bonchev–Trinajstić information content (AvgIpc) is 2.30. The summed E-state index contributed by atoms with van der Waals surface area (Å²) in [5, 5.41) is 12.9. The van der Waals surface area contributed by atoms with E-state index in [4.69, 9.17) is 0 Å². The molecule has 2 N–H and O–H groups in total. The second-order valence-corrected chi connectivity index (χ2v) is 4.86. The molecule has 0 aliphatic carbocycles. The Hall–Kier alpha value is -0.0800. The van der Waals surface area contributed by atoms with Crippen LogP contribution >= 0.6 is 0 Å². The lowest BCUT2D eigenvalue weighted by Gasteiger charge is -2.32. The number of aliphatic hydroxyl groups is 1. The Bertz CT molecular complexity index is 137. The third-order valence-electron chi connectivity index (χ3n) is 3.07. The van der Waals surface area contributed by atoms with Crippen LogP contribution in [0.4, 0.5) is 0 Å². The van der Waals surface area contributed by atoms with Crippen molar-refractivity contribution in [2.24, 2.45) is 11.3 Å². The predicted molar refractivity (Wildman–Crippen MR) is 55.7 cm³/mol. The first kappa shape index (κ1) is 11.0. The molecule has 1 aliphatic rings.